The Bertz CT molecular complexity index is 404. The normalized spacial score (nSPS) is 12.6. The van der Waals surface area contributed by atoms with Gasteiger partial charge >= 0.3 is 0 Å². The van der Waals surface area contributed by atoms with E-state index in [0.29, 0.717) is 0 Å². The summed E-state index contributed by atoms with van der Waals surface area (Å²) in [5.41, 5.74) is 1.30. The standard InChI is InChI=1S/C18H31NOSi/c1-5-17-12-9-10-13-18(17)21(16-20-8-4)15-11-14-19(6-2)7-3/h5,9-10,12-13,21H,1,6-8,11,14-16H2,2-4H3. The smallest absolute Gasteiger partial charge is 0.101 e. The number of benzene rings is 1. The Morgan fingerprint density at radius 2 is 1.90 bits per heavy atom. The first-order valence-electron chi connectivity index (χ1n) is 8.28. The minimum Gasteiger partial charge on any atom is -0.385 e. The van der Waals surface area contributed by atoms with Gasteiger partial charge in [-0.05, 0) is 38.5 Å². The maximum atomic E-state index is 5.77. The van der Waals surface area contributed by atoms with Crippen molar-refractivity contribution in [1.82, 2.24) is 4.90 Å². The molecule has 0 saturated carbocycles. The molecule has 0 aliphatic carbocycles. The summed E-state index contributed by atoms with van der Waals surface area (Å²) in [4.78, 5) is 2.51. The molecule has 0 bridgehead atoms. The predicted octanol–water partition coefficient (Wildman–Crippen LogP) is 3.07. The van der Waals surface area contributed by atoms with Crippen LogP contribution in [0.15, 0.2) is 30.8 Å². The van der Waals surface area contributed by atoms with E-state index in [2.05, 4.69) is 56.5 Å². The molecule has 0 heterocycles. The molecule has 0 aliphatic rings. The second-order valence-electron chi connectivity index (χ2n) is 5.36. The summed E-state index contributed by atoms with van der Waals surface area (Å²) in [6.45, 7) is 14.9. The van der Waals surface area contributed by atoms with E-state index < -0.39 is 8.80 Å². The number of hydrogen-bond donors (Lipinski definition) is 0. The van der Waals surface area contributed by atoms with Crippen molar-refractivity contribution >= 4 is 20.1 Å². The van der Waals surface area contributed by atoms with Crippen LogP contribution in [0.4, 0.5) is 0 Å². The second kappa shape index (κ2) is 10.8. The zero-order valence-electron chi connectivity index (χ0n) is 14.0. The van der Waals surface area contributed by atoms with Gasteiger partial charge in [0.1, 0.15) is 8.80 Å². The largest absolute Gasteiger partial charge is 0.385 e. The van der Waals surface area contributed by atoms with E-state index in [1.807, 2.05) is 6.08 Å². The minimum atomic E-state index is -1.07. The Hall–Kier alpha value is -0.903. The fraction of sp³-hybridized carbons (Fsp3) is 0.556. The van der Waals surface area contributed by atoms with Gasteiger partial charge in [-0.3, -0.25) is 0 Å². The molecule has 118 valence electrons. The Kier molecular flexibility index (Phi) is 9.31. The van der Waals surface area contributed by atoms with Crippen LogP contribution in [0.25, 0.3) is 6.08 Å². The molecule has 0 aromatic heterocycles. The summed E-state index contributed by atoms with van der Waals surface area (Å²) in [5, 5.41) is 1.51. The van der Waals surface area contributed by atoms with Crippen LogP contribution in [0, 0.1) is 0 Å². The van der Waals surface area contributed by atoms with Gasteiger partial charge in [0.25, 0.3) is 0 Å². The molecule has 0 amide bonds. The monoisotopic (exact) mass is 305 g/mol. The molecule has 0 spiro atoms. The van der Waals surface area contributed by atoms with Gasteiger partial charge in [-0.1, -0.05) is 62.0 Å². The molecule has 1 rings (SSSR count). The first-order valence-corrected chi connectivity index (χ1v) is 10.5. The van der Waals surface area contributed by atoms with Crippen molar-refractivity contribution in [3.63, 3.8) is 0 Å². The fourth-order valence-electron chi connectivity index (χ4n) is 2.76. The van der Waals surface area contributed by atoms with E-state index in [0.717, 1.165) is 25.9 Å². The lowest BCUT2D eigenvalue weighted by molar-refractivity contribution is 0.191. The third-order valence-corrected chi connectivity index (χ3v) is 7.25. The van der Waals surface area contributed by atoms with Gasteiger partial charge in [0.05, 0.1) is 0 Å². The predicted molar refractivity (Wildman–Crippen MR) is 97.0 cm³/mol. The first-order chi connectivity index (χ1) is 10.3. The molecule has 0 N–H and O–H groups in total. The first kappa shape index (κ1) is 18.1. The molecule has 21 heavy (non-hydrogen) atoms. The van der Waals surface area contributed by atoms with Gasteiger partial charge in [0, 0.05) is 12.8 Å². The highest BCUT2D eigenvalue weighted by molar-refractivity contribution is 6.73. The second-order valence-corrected chi connectivity index (χ2v) is 8.29. The highest BCUT2D eigenvalue weighted by Crippen LogP contribution is 2.07. The fourth-order valence-corrected chi connectivity index (χ4v) is 5.68. The molecule has 1 atom stereocenters. The zero-order valence-corrected chi connectivity index (χ0v) is 15.1. The van der Waals surface area contributed by atoms with E-state index in [1.54, 1.807) is 0 Å². The van der Waals surface area contributed by atoms with E-state index in [1.165, 1.54) is 29.8 Å². The molecule has 0 aliphatic heterocycles. The molecule has 2 nitrogen and oxygen atoms in total. The Labute approximate surface area is 132 Å². The van der Waals surface area contributed by atoms with Crippen molar-refractivity contribution in [2.75, 3.05) is 32.5 Å². The van der Waals surface area contributed by atoms with Crippen molar-refractivity contribution < 1.29 is 4.74 Å². The lowest BCUT2D eigenvalue weighted by atomic mass is 10.2. The number of nitrogens with zero attached hydrogens (tertiary/aromatic N) is 1. The number of rotatable bonds is 11. The quantitative estimate of drug-likeness (QED) is 0.583. The molecule has 1 aromatic carbocycles. The summed E-state index contributed by atoms with van der Waals surface area (Å²) in [6, 6.07) is 10.0. The van der Waals surface area contributed by atoms with Crippen LogP contribution in [0.1, 0.15) is 32.8 Å². The SMILES string of the molecule is C=Cc1ccccc1[SiH](CCCN(CC)CC)COCC. The lowest BCUT2D eigenvalue weighted by Gasteiger charge is -2.21. The topological polar surface area (TPSA) is 12.5 Å². The van der Waals surface area contributed by atoms with Crippen molar-refractivity contribution in [1.29, 1.82) is 0 Å². The maximum absolute atomic E-state index is 5.77. The van der Waals surface area contributed by atoms with E-state index >= 15 is 0 Å². The summed E-state index contributed by atoms with van der Waals surface area (Å²) >= 11 is 0. The molecular weight excluding hydrogens is 274 g/mol. The van der Waals surface area contributed by atoms with Gasteiger partial charge in [0.15, 0.2) is 0 Å². The summed E-state index contributed by atoms with van der Waals surface area (Å²) in [6.07, 6.45) is 4.21. The number of ether oxygens (including phenoxy) is 1. The van der Waals surface area contributed by atoms with E-state index in [9.17, 15) is 0 Å². The van der Waals surface area contributed by atoms with E-state index in [-0.39, 0.29) is 0 Å². The molecular formula is C18H31NOSi. The van der Waals surface area contributed by atoms with Crippen LogP contribution in [-0.2, 0) is 4.74 Å². The Balaban J connectivity index is 2.69. The molecule has 3 heteroatoms. The van der Waals surface area contributed by atoms with Gasteiger partial charge in [0.2, 0.25) is 0 Å². The summed E-state index contributed by atoms with van der Waals surface area (Å²) in [5.74, 6) is 0. The van der Waals surface area contributed by atoms with Gasteiger partial charge in [-0.25, -0.2) is 0 Å². The third kappa shape index (κ3) is 6.16. The Morgan fingerprint density at radius 1 is 1.19 bits per heavy atom. The third-order valence-electron chi connectivity index (χ3n) is 4.10. The van der Waals surface area contributed by atoms with Crippen LogP contribution in [0.2, 0.25) is 6.04 Å². The summed E-state index contributed by atoms with van der Waals surface area (Å²) in [7, 11) is -1.07. The minimum absolute atomic E-state index is 0.815. The highest BCUT2D eigenvalue weighted by atomic mass is 28.3. The van der Waals surface area contributed by atoms with E-state index in [4.69, 9.17) is 4.74 Å². The van der Waals surface area contributed by atoms with Crippen LogP contribution in [-0.4, -0.2) is 46.2 Å². The maximum Gasteiger partial charge on any atom is 0.101 e. The van der Waals surface area contributed by atoms with Crippen molar-refractivity contribution in [2.45, 2.75) is 33.2 Å². The van der Waals surface area contributed by atoms with Crippen molar-refractivity contribution in [2.24, 2.45) is 0 Å². The molecule has 0 fully saturated rings. The molecule has 1 aromatic rings. The molecule has 0 saturated heterocycles. The van der Waals surface area contributed by atoms with Gasteiger partial charge in [-0.15, -0.1) is 0 Å². The number of hydrogen-bond acceptors (Lipinski definition) is 2. The zero-order chi connectivity index (χ0) is 15.5. The van der Waals surface area contributed by atoms with Crippen LogP contribution < -0.4 is 5.19 Å². The van der Waals surface area contributed by atoms with Crippen molar-refractivity contribution in [3.05, 3.63) is 36.4 Å². The lowest BCUT2D eigenvalue weighted by Crippen LogP contribution is -2.38. The summed E-state index contributed by atoms with van der Waals surface area (Å²) < 4.78 is 5.77. The Morgan fingerprint density at radius 3 is 2.52 bits per heavy atom. The molecule has 0 radical (unpaired) electrons. The molecule has 1 unspecified atom stereocenters. The van der Waals surface area contributed by atoms with Gasteiger partial charge < -0.3 is 9.64 Å². The van der Waals surface area contributed by atoms with Crippen LogP contribution in [0.5, 0.6) is 0 Å². The highest BCUT2D eigenvalue weighted by Gasteiger charge is 2.16. The van der Waals surface area contributed by atoms with Crippen molar-refractivity contribution in [3.8, 4) is 0 Å². The van der Waals surface area contributed by atoms with Crippen LogP contribution >= 0.6 is 0 Å². The average molecular weight is 306 g/mol. The van der Waals surface area contributed by atoms with Crippen LogP contribution in [0.3, 0.4) is 0 Å². The van der Waals surface area contributed by atoms with Gasteiger partial charge in [-0.2, -0.15) is 0 Å². The average Bonchev–Trinajstić information content (AvgIpc) is 2.54.